The van der Waals surface area contributed by atoms with Crippen molar-refractivity contribution in [2.75, 3.05) is 0 Å². The van der Waals surface area contributed by atoms with Crippen molar-refractivity contribution in [2.24, 2.45) is 5.73 Å². The lowest BCUT2D eigenvalue weighted by atomic mass is 9.97. The largest absolute Gasteiger partial charge is 0.490 e. The van der Waals surface area contributed by atoms with Crippen LogP contribution in [-0.4, -0.2) is 6.10 Å². The van der Waals surface area contributed by atoms with E-state index in [0.29, 0.717) is 12.6 Å². The second kappa shape index (κ2) is 5.35. The van der Waals surface area contributed by atoms with Gasteiger partial charge in [-0.1, -0.05) is 18.6 Å². The van der Waals surface area contributed by atoms with Crippen LogP contribution in [0, 0.1) is 6.92 Å². The predicted molar refractivity (Wildman–Crippen MR) is 66.6 cm³/mol. The first-order valence-corrected chi connectivity index (χ1v) is 6.26. The van der Waals surface area contributed by atoms with Gasteiger partial charge in [0.25, 0.3) is 0 Å². The molecule has 2 nitrogen and oxygen atoms in total. The van der Waals surface area contributed by atoms with Gasteiger partial charge in [0.05, 0.1) is 6.10 Å². The first-order valence-electron chi connectivity index (χ1n) is 6.26. The van der Waals surface area contributed by atoms with Crippen molar-refractivity contribution in [3.8, 4) is 5.75 Å². The van der Waals surface area contributed by atoms with Crippen LogP contribution in [0.15, 0.2) is 18.2 Å². The SMILES string of the molecule is Cc1ccc(CN)c(OC2CCCCC2)c1. The molecule has 0 saturated heterocycles. The van der Waals surface area contributed by atoms with Gasteiger partial charge in [0, 0.05) is 12.1 Å². The van der Waals surface area contributed by atoms with Crippen LogP contribution in [0.4, 0.5) is 0 Å². The molecule has 0 unspecified atom stereocenters. The van der Waals surface area contributed by atoms with E-state index in [2.05, 4.69) is 25.1 Å². The highest BCUT2D eigenvalue weighted by Crippen LogP contribution is 2.26. The van der Waals surface area contributed by atoms with Crippen LogP contribution in [0.1, 0.15) is 43.2 Å². The highest BCUT2D eigenvalue weighted by Gasteiger charge is 2.16. The van der Waals surface area contributed by atoms with Gasteiger partial charge in [0.1, 0.15) is 5.75 Å². The molecule has 16 heavy (non-hydrogen) atoms. The van der Waals surface area contributed by atoms with Gasteiger partial charge in [-0.05, 0) is 44.2 Å². The van der Waals surface area contributed by atoms with Crippen LogP contribution in [-0.2, 0) is 6.54 Å². The van der Waals surface area contributed by atoms with Crippen LogP contribution < -0.4 is 10.5 Å². The third-order valence-corrected chi connectivity index (χ3v) is 3.29. The van der Waals surface area contributed by atoms with Gasteiger partial charge in [-0.2, -0.15) is 0 Å². The fourth-order valence-corrected chi connectivity index (χ4v) is 2.30. The van der Waals surface area contributed by atoms with Crippen LogP contribution in [0.25, 0.3) is 0 Å². The normalized spacial score (nSPS) is 17.4. The van der Waals surface area contributed by atoms with Crippen LogP contribution in [0.5, 0.6) is 5.75 Å². The number of hydrogen-bond donors (Lipinski definition) is 1. The van der Waals surface area contributed by atoms with E-state index in [1.807, 2.05) is 0 Å². The van der Waals surface area contributed by atoms with Gasteiger partial charge in [-0.3, -0.25) is 0 Å². The van der Waals surface area contributed by atoms with E-state index in [1.54, 1.807) is 0 Å². The van der Waals surface area contributed by atoms with Crippen LogP contribution in [0.3, 0.4) is 0 Å². The van der Waals surface area contributed by atoms with E-state index in [4.69, 9.17) is 10.5 Å². The zero-order chi connectivity index (χ0) is 11.4. The van der Waals surface area contributed by atoms with E-state index in [-0.39, 0.29) is 0 Å². The molecule has 0 aliphatic heterocycles. The molecule has 0 bridgehead atoms. The third-order valence-electron chi connectivity index (χ3n) is 3.29. The second-order valence-electron chi connectivity index (χ2n) is 4.69. The molecule has 0 radical (unpaired) electrons. The van der Waals surface area contributed by atoms with Crippen molar-refractivity contribution < 1.29 is 4.74 Å². The molecule has 2 rings (SSSR count). The van der Waals surface area contributed by atoms with Gasteiger partial charge >= 0.3 is 0 Å². The minimum absolute atomic E-state index is 0.404. The van der Waals surface area contributed by atoms with Crippen molar-refractivity contribution in [1.29, 1.82) is 0 Å². The topological polar surface area (TPSA) is 35.2 Å². The summed E-state index contributed by atoms with van der Waals surface area (Å²) >= 11 is 0. The minimum atomic E-state index is 0.404. The Kier molecular flexibility index (Phi) is 3.83. The van der Waals surface area contributed by atoms with Crippen molar-refractivity contribution >= 4 is 0 Å². The third kappa shape index (κ3) is 2.76. The second-order valence-corrected chi connectivity index (χ2v) is 4.69. The van der Waals surface area contributed by atoms with Gasteiger partial charge < -0.3 is 10.5 Å². The Morgan fingerprint density at radius 1 is 1.25 bits per heavy atom. The van der Waals surface area contributed by atoms with Gasteiger partial charge in [-0.15, -0.1) is 0 Å². The van der Waals surface area contributed by atoms with E-state index in [9.17, 15) is 0 Å². The number of aryl methyl sites for hydroxylation is 1. The summed E-state index contributed by atoms with van der Waals surface area (Å²) in [6.07, 6.45) is 6.75. The number of ether oxygens (including phenoxy) is 1. The number of nitrogens with two attached hydrogens (primary N) is 1. The Bertz CT molecular complexity index is 343. The number of benzene rings is 1. The maximum Gasteiger partial charge on any atom is 0.124 e. The Balaban J connectivity index is 2.09. The fraction of sp³-hybridized carbons (Fsp3) is 0.571. The van der Waals surface area contributed by atoms with Gasteiger partial charge in [0.15, 0.2) is 0 Å². The fourth-order valence-electron chi connectivity index (χ4n) is 2.30. The first-order chi connectivity index (χ1) is 7.79. The van der Waals surface area contributed by atoms with Crippen molar-refractivity contribution in [3.63, 3.8) is 0 Å². The molecule has 0 spiro atoms. The summed E-state index contributed by atoms with van der Waals surface area (Å²) in [4.78, 5) is 0. The van der Waals surface area contributed by atoms with Crippen LogP contribution in [0.2, 0.25) is 0 Å². The molecule has 88 valence electrons. The Morgan fingerprint density at radius 2 is 2.00 bits per heavy atom. The maximum atomic E-state index is 6.08. The number of hydrogen-bond acceptors (Lipinski definition) is 2. The van der Waals surface area contributed by atoms with Gasteiger partial charge in [-0.25, -0.2) is 0 Å². The molecule has 1 aromatic carbocycles. The summed E-state index contributed by atoms with van der Waals surface area (Å²) in [6, 6.07) is 6.28. The Hall–Kier alpha value is -1.02. The summed E-state index contributed by atoms with van der Waals surface area (Å²) in [7, 11) is 0. The highest BCUT2D eigenvalue weighted by atomic mass is 16.5. The highest BCUT2D eigenvalue weighted by molar-refractivity contribution is 5.37. The molecule has 2 heteroatoms. The summed E-state index contributed by atoms with van der Waals surface area (Å²) in [5.41, 5.74) is 8.09. The number of rotatable bonds is 3. The van der Waals surface area contributed by atoms with E-state index < -0.39 is 0 Å². The van der Waals surface area contributed by atoms with Crippen molar-refractivity contribution in [3.05, 3.63) is 29.3 Å². The molecule has 0 atom stereocenters. The quantitative estimate of drug-likeness (QED) is 0.847. The molecule has 1 aliphatic carbocycles. The monoisotopic (exact) mass is 219 g/mol. The summed E-state index contributed by atoms with van der Waals surface area (Å²) in [6.45, 7) is 2.65. The maximum absolute atomic E-state index is 6.08. The molecule has 1 fully saturated rings. The molecule has 0 amide bonds. The molecular formula is C14H21NO. The summed E-state index contributed by atoms with van der Waals surface area (Å²) in [5, 5.41) is 0. The summed E-state index contributed by atoms with van der Waals surface area (Å²) < 4.78 is 6.08. The molecule has 0 aromatic heterocycles. The molecular weight excluding hydrogens is 198 g/mol. The van der Waals surface area contributed by atoms with E-state index >= 15 is 0 Å². The minimum Gasteiger partial charge on any atom is -0.490 e. The Labute approximate surface area is 97.8 Å². The standard InChI is InChI=1S/C14H21NO/c1-11-7-8-12(10-15)14(9-11)16-13-5-3-2-4-6-13/h7-9,13H,2-6,10,15H2,1H3. The lowest BCUT2D eigenvalue weighted by molar-refractivity contribution is 0.153. The predicted octanol–water partition coefficient (Wildman–Crippen LogP) is 3.17. The summed E-state index contributed by atoms with van der Waals surface area (Å²) in [5.74, 6) is 0.995. The van der Waals surface area contributed by atoms with Gasteiger partial charge in [0.2, 0.25) is 0 Å². The molecule has 1 aromatic rings. The van der Waals surface area contributed by atoms with E-state index in [1.165, 1.54) is 37.7 Å². The van der Waals surface area contributed by atoms with Crippen molar-refractivity contribution in [2.45, 2.75) is 51.7 Å². The van der Waals surface area contributed by atoms with Crippen LogP contribution >= 0.6 is 0 Å². The molecule has 1 aliphatic rings. The first kappa shape index (κ1) is 11.5. The lowest BCUT2D eigenvalue weighted by Crippen LogP contribution is -2.20. The molecule has 2 N–H and O–H groups in total. The lowest BCUT2D eigenvalue weighted by Gasteiger charge is -2.24. The smallest absolute Gasteiger partial charge is 0.124 e. The molecule has 1 saturated carbocycles. The van der Waals surface area contributed by atoms with Crippen molar-refractivity contribution in [1.82, 2.24) is 0 Å². The average molecular weight is 219 g/mol. The zero-order valence-electron chi connectivity index (χ0n) is 10.0. The molecule has 0 heterocycles. The van der Waals surface area contributed by atoms with E-state index in [0.717, 1.165) is 11.3 Å². The average Bonchev–Trinajstić information content (AvgIpc) is 2.31. The zero-order valence-corrected chi connectivity index (χ0v) is 10.0. The Morgan fingerprint density at radius 3 is 2.69 bits per heavy atom.